The summed E-state index contributed by atoms with van der Waals surface area (Å²) in [4.78, 5) is 0. The van der Waals surface area contributed by atoms with Gasteiger partial charge in [0, 0.05) is 13.0 Å². The van der Waals surface area contributed by atoms with Crippen LogP contribution in [0.3, 0.4) is 0 Å². The molecule has 0 aliphatic heterocycles. The van der Waals surface area contributed by atoms with Crippen molar-refractivity contribution in [3.05, 3.63) is 0 Å². The molecule has 0 saturated heterocycles. The van der Waals surface area contributed by atoms with Crippen molar-refractivity contribution in [2.24, 2.45) is 11.1 Å². The van der Waals surface area contributed by atoms with E-state index in [0.717, 1.165) is 5.75 Å². The van der Waals surface area contributed by atoms with E-state index in [1.807, 2.05) is 6.26 Å². The predicted molar refractivity (Wildman–Crippen MR) is 44.1 cm³/mol. The highest BCUT2D eigenvalue weighted by Gasteiger charge is 2.69. The summed E-state index contributed by atoms with van der Waals surface area (Å²) in [5.41, 5.74) is 4.46. The third kappa shape index (κ3) is 1.51. The lowest BCUT2D eigenvalue weighted by atomic mass is 10.0. The lowest BCUT2D eigenvalue weighted by molar-refractivity contribution is 0.0656. The van der Waals surface area contributed by atoms with Gasteiger partial charge in [0.25, 0.3) is 5.92 Å². The Bertz CT molecular complexity index is 151. The third-order valence-corrected chi connectivity index (χ3v) is 3.00. The molecule has 0 spiro atoms. The molecule has 0 radical (unpaired) electrons. The Kier molecular flexibility index (Phi) is 2.44. The van der Waals surface area contributed by atoms with E-state index in [0.29, 0.717) is 6.42 Å². The summed E-state index contributed by atoms with van der Waals surface area (Å²) in [6.07, 6.45) is 2.47. The maximum Gasteiger partial charge on any atom is 0.255 e. The first-order valence-electron chi connectivity index (χ1n) is 3.65. The molecule has 0 heterocycles. The van der Waals surface area contributed by atoms with Crippen LogP contribution in [0.25, 0.3) is 0 Å². The van der Waals surface area contributed by atoms with E-state index in [1.54, 1.807) is 11.8 Å². The number of thioether (sulfide) groups is 1. The number of rotatable bonds is 4. The van der Waals surface area contributed by atoms with E-state index >= 15 is 0 Å². The van der Waals surface area contributed by atoms with Gasteiger partial charge in [0.05, 0.1) is 5.41 Å². The molecule has 11 heavy (non-hydrogen) atoms. The Labute approximate surface area is 69.7 Å². The first-order valence-corrected chi connectivity index (χ1v) is 5.04. The molecule has 1 unspecified atom stereocenters. The second-order valence-corrected chi connectivity index (χ2v) is 4.09. The SMILES string of the molecule is CSCCC1(CN)CC1(F)F. The summed E-state index contributed by atoms with van der Waals surface area (Å²) in [5.74, 6) is -1.69. The lowest BCUT2D eigenvalue weighted by Gasteiger charge is -2.11. The van der Waals surface area contributed by atoms with Gasteiger partial charge in [-0.1, -0.05) is 0 Å². The Morgan fingerprint density at radius 1 is 1.55 bits per heavy atom. The van der Waals surface area contributed by atoms with Crippen LogP contribution in [0.5, 0.6) is 0 Å². The van der Waals surface area contributed by atoms with Crippen molar-refractivity contribution < 1.29 is 8.78 Å². The fourth-order valence-corrected chi connectivity index (χ4v) is 1.87. The van der Waals surface area contributed by atoms with E-state index in [9.17, 15) is 8.78 Å². The van der Waals surface area contributed by atoms with Crippen LogP contribution in [-0.4, -0.2) is 24.5 Å². The van der Waals surface area contributed by atoms with Gasteiger partial charge < -0.3 is 5.73 Å². The Morgan fingerprint density at radius 2 is 2.09 bits per heavy atom. The summed E-state index contributed by atoms with van der Waals surface area (Å²) in [5, 5.41) is 0. The van der Waals surface area contributed by atoms with Gasteiger partial charge >= 0.3 is 0 Å². The molecule has 1 rings (SSSR count). The Balaban J connectivity index is 2.40. The second kappa shape index (κ2) is 2.90. The molecule has 1 aliphatic rings. The quantitative estimate of drug-likeness (QED) is 0.714. The Morgan fingerprint density at radius 3 is 2.36 bits per heavy atom. The van der Waals surface area contributed by atoms with Crippen LogP contribution in [0.1, 0.15) is 12.8 Å². The summed E-state index contributed by atoms with van der Waals surface area (Å²) < 4.78 is 25.4. The largest absolute Gasteiger partial charge is 0.330 e. The fraction of sp³-hybridized carbons (Fsp3) is 1.00. The normalized spacial score (nSPS) is 33.8. The van der Waals surface area contributed by atoms with Gasteiger partial charge in [-0.25, -0.2) is 8.78 Å². The van der Waals surface area contributed by atoms with Crippen molar-refractivity contribution in [2.45, 2.75) is 18.8 Å². The minimum Gasteiger partial charge on any atom is -0.330 e. The minimum atomic E-state index is -2.47. The fourth-order valence-electron chi connectivity index (χ4n) is 1.27. The van der Waals surface area contributed by atoms with Gasteiger partial charge in [-0.3, -0.25) is 0 Å². The number of hydrogen-bond donors (Lipinski definition) is 1. The van der Waals surface area contributed by atoms with E-state index in [-0.39, 0.29) is 13.0 Å². The molecule has 1 aliphatic carbocycles. The highest BCUT2D eigenvalue weighted by atomic mass is 32.2. The maximum absolute atomic E-state index is 12.7. The molecule has 2 N–H and O–H groups in total. The molecule has 66 valence electrons. The van der Waals surface area contributed by atoms with Crippen LogP contribution in [0.2, 0.25) is 0 Å². The summed E-state index contributed by atoms with van der Waals surface area (Å²) in [7, 11) is 0. The smallest absolute Gasteiger partial charge is 0.255 e. The molecule has 1 fully saturated rings. The molecule has 0 aromatic rings. The standard InChI is InChI=1S/C7H13F2NS/c1-11-3-2-6(5-10)4-7(6,8)9/h2-5,10H2,1H3. The molecule has 1 saturated carbocycles. The number of hydrogen-bond acceptors (Lipinski definition) is 2. The molecular weight excluding hydrogens is 168 g/mol. The Hall–Kier alpha value is 0.170. The van der Waals surface area contributed by atoms with Gasteiger partial charge in [-0.15, -0.1) is 0 Å². The van der Waals surface area contributed by atoms with E-state index in [1.165, 1.54) is 0 Å². The predicted octanol–water partition coefficient (Wildman–Crippen LogP) is 1.72. The monoisotopic (exact) mass is 181 g/mol. The van der Waals surface area contributed by atoms with Crippen LogP contribution in [-0.2, 0) is 0 Å². The summed E-state index contributed by atoms with van der Waals surface area (Å²) in [6.45, 7) is 0.126. The van der Waals surface area contributed by atoms with Crippen LogP contribution in [0.4, 0.5) is 8.78 Å². The van der Waals surface area contributed by atoms with Crippen molar-refractivity contribution in [1.29, 1.82) is 0 Å². The molecular formula is C7H13F2NS. The molecule has 4 heteroatoms. The summed E-state index contributed by atoms with van der Waals surface area (Å²) in [6, 6.07) is 0. The van der Waals surface area contributed by atoms with Gasteiger partial charge in [0.1, 0.15) is 0 Å². The van der Waals surface area contributed by atoms with Gasteiger partial charge in [-0.05, 0) is 18.4 Å². The molecule has 0 aromatic carbocycles. The lowest BCUT2D eigenvalue weighted by Crippen LogP contribution is -2.23. The van der Waals surface area contributed by atoms with Crippen molar-refractivity contribution in [1.82, 2.24) is 0 Å². The second-order valence-electron chi connectivity index (χ2n) is 3.11. The van der Waals surface area contributed by atoms with Crippen molar-refractivity contribution >= 4 is 11.8 Å². The van der Waals surface area contributed by atoms with Gasteiger partial charge in [0.15, 0.2) is 0 Å². The summed E-state index contributed by atoms with van der Waals surface area (Å²) >= 11 is 1.60. The van der Waals surface area contributed by atoms with Crippen LogP contribution < -0.4 is 5.73 Å². The van der Waals surface area contributed by atoms with Crippen molar-refractivity contribution in [2.75, 3.05) is 18.6 Å². The number of alkyl halides is 2. The molecule has 0 bridgehead atoms. The first-order chi connectivity index (χ1) is 5.08. The molecule has 1 nitrogen and oxygen atoms in total. The average Bonchev–Trinajstić information content (AvgIpc) is 2.50. The highest BCUT2D eigenvalue weighted by Crippen LogP contribution is 2.62. The molecule has 0 amide bonds. The van der Waals surface area contributed by atoms with Gasteiger partial charge in [0.2, 0.25) is 0 Å². The minimum absolute atomic E-state index is 0.00292. The van der Waals surface area contributed by atoms with Crippen LogP contribution in [0, 0.1) is 5.41 Å². The zero-order chi connectivity index (χ0) is 8.54. The molecule has 1 atom stereocenters. The zero-order valence-electron chi connectivity index (χ0n) is 6.57. The van der Waals surface area contributed by atoms with Crippen molar-refractivity contribution in [3.63, 3.8) is 0 Å². The number of nitrogens with two attached hydrogens (primary N) is 1. The average molecular weight is 181 g/mol. The topological polar surface area (TPSA) is 26.0 Å². The highest BCUT2D eigenvalue weighted by molar-refractivity contribution is 7.98. The van der Waals surface area contributed by atoms with Crippen LogP contribution in [0.15, 0.2) is 0 Å². The van der Waals surface area contributed by atoms with E-state index in [2.05, 4.69) is 0 Å². The van der Waals surface area contributed by atoms with Crippen molar-refractivity contribution in [3.8, 4) is 0 Å². The maximum atomic E-state index is 12.7. The van der Waals surface area contributed by atoms with E-state index < -0.39 is 11.3 Å². The first kappa shape index (κ1) is 9.26. The third-order valence-electron chi connectivity index (χ3n) is 2.39. The molecule has 0 aromatic heterocycles. The van der Waals surface area contributed by atoms with Gasteiger partial charge in [-0.2, -0.15) is 11.8 Å². The zero-order valence-corrected chi connectivity index (χ0v) is 7.39. The van der Waals surface area contributed by atoms with E-state index in [4.69, 9.17) is 5.73 Å². The van der Waals surface area contributed by atoms with Crippen LogP contribution >= 0.6 is 11.8 Å². The number of halogens is 2.